The van der Waals surface area contributed by atoms with Crippen LogP contribution in [-0.2, 0) is 10.0 Å². The van der Waals surface area contributed by atoms with Crippen molar-refractivity contribution in [3.63, 3.8) is 0 Å². The first-order valence-corrected chi connectivity index (χ1v) is 9.04. The molecule has 5 heteroatoms. The molecule has 2 atom stereocenters. The molecule has 1 aromatic rings. The average molecular weight is 294 g/mol. The summed E-state index contributed by atoms with van der Waals surface area (Å²) in [6.45, 7) is 3.58. The van der Waals surface area contributed by atoms with Crippen molar-refractivity contribution < 1.29 is 8.42 Å². The zero-order chi connectivity index (χ0) is 14.2. The Morgan fingerprint density at radius 2 is 2.00 bits per heavy atom. The lowest BCUT2D eigenvalue weighted by atomic mass is 10.1. The largest absolute Gasteiger partial charge is 0.279 e. The maximum Gasteiger partial charge on any atom is 0.215 e. The van der Waals surface area contributed by atoms with Gasteiger partial charge in [0.15, 0.2) is 0 Å². The molecule has 0 radical (unpaired) electrons. The number of fused-ring (bicyclic) bond motifs is 1. The van der Waals surface area contributed by atoms with E-state index in [2.05, 4.69) is 4.90 Å². The maximum absolute atomic E-state index is 12.5. The van der Waals surface area contributed by atoms with Gasteiger partial charge in [-0.1, -0.05) is 37.3 Å². The van der Waals surface area contributed by atoms with Crippen LogP contribution in [0.25, 0.3) is 0 Å². The van der Waals surface area contributed by atoms with Crippen molar-refractivity contribution in [1.82, 2.24) is 9.21 Å². The van der Waals surface area contributed by atoms with Crippen molar-refractivity contribution in [2.75, 3.05) is 18.8 Å². The quantitative estimate of drug-likeness (QED) is 0.855. The second-order valence-electron chi connectivity index (χ2n) is 5.70. The third-order valence-corrected chi connectivity index (χ3v) is 6.30. The van der Waals surface area contributed by atoms with Gasteiger partial charge in [0, 0.05) is 19.1 Å². The van der Waals surface area contributed by atoms with Crippen LogP contribution >= 0.6 is 0 Å². The molecule has 2 fully saturated rings. The normalized spacial score (nSPS) is 27.9. The summed E-state index contributed by atoms with van der Waals surface area (Å²) in [6.07, 6.45) is 2.86. The highest BCUT2D eigenvalue weighted by molar-refractivity contribution is 7.89. The molecule has 110 valence electrons. The molecule has 0 bridgehead atoms. The summed E-state index contributed by atoms with van der Waals surface area (Å²) in [6, 6.07) is 10.4. The van der Waals surface area contributed by atoms with Crippen molar-refractivity contribution in [2.45, 2.75) is 38.4 Å². The predicted molar refractivity (Wildman–Crippen MR) is 79.7 cm³/mol. The first kappa shape index (κ1) is 14.0. The molecule has 0 N–H and O–H groups in total. The van der Waals surface area contributed by atoms with Gasteiger partial charge in [0.25, 0.3) is 0 Å². The summed E-state index contributed by atoms with van der Waals surface area (Å²) in [4.78, 5) is 2.36. The van der Waals surface area contributed by atoms with Gasteiger partial charge in [-0.2, -0.15) is 4.31 Å². The smallest absolute Gasteiger partial charge is 0.215 e. The minimum absolute atomic E-state index is 0.0970. The van der Waals surface area contributed by atoms with Crippen LogP contribution in [0.2, 0.25) is 0 Å². The Labute approximate surface area is 121 Å². The first-order valence-electron chi connectivity index (χ1n) is 7.43. The van der Waals surface area contributed by atoms with Crippen molar-refractivity contribution in [1.29, 1.82) is 0 Å². The highest BCUT2D eigenvalue weighted by Gasteiger charge is 2.46. The molecule has 4 nitrogen and oxygen atoms in total. The van der Waals surface area contributed by atoms with E-state index in [1.54, 1.807) is 4.31 Å². The van der Waals surface area contributed by atoms with Gasteiger partial charge in [-0.3, -0.25) is 4.90 Å². The Kier molecular flexibility index (Phi) is 3.84. The Hall–Kier alpha value is -0.910. The zero-order valence-electron chi connectivity index (χ0n) is 11.9. The lowest BCUT2D eigenvalue weighted by Gasteiger charge is -2.29. The monoisotopic (exact) mass is 294 g/mol. The summed E-state index contributed by atoms with van der Waals surface area (Å²) in [5, 5.41) is 0. The van der Waals surface area contributed by atoms with E-state index in [-0.39, 0.29) is 11.9 Å². The molecule has 0 amide bonds. The van der Waals surface area contributed by atoms with Gasteiger partial charge >= 0.3 is 0 Å². The van der Waals surface area contributed by atoms with Gasteiger partial charge in [0.2, 0.25) is 10.0 Å². The summed E-state index contributed by atoms with van der Waals surface area (Å²) in [7, 11) is -3.16. The van der Waals surface area contributed by atoms with Crippen LogP contribution in [0.3, 0.4) is 0 Å². The Morgan fingerprint density at radius 1 is 1.25 bits per heavy atom. The van der Waals surface area contributed by atoms with Gasteiger partial charge in [-0.15, -0.1) is 0 Å². The van der Waals surface area contributed by atoms with Crippen LogP contribution in [-0.4, -0.2) is 42.5 Å². The van der Waals surface area contributed by atoms with Crippen molar-refractivity contribution in [3.05, 3.63) is 35.9 Å². The molecule has 2 aliphatic heterocycles. The SMILES string of the molecule is CCCS(=O)(=O)N1CC2CCCN2C1c1ccccc1. The summed E-state index contributed by atoms with van der Waals surface area (Å²) >= 11 is 0. The topological polar surface area (TPSA) is 40.6 Å². The van der Waals surface area contributed by atoms with Gasteiger partial charge in [-0.05, 0) is 24.8 Å². The number of hydrogen-bond donors (Lipinski definition) is 0. The second kappa shape index (κ2) is 5.47. The van der Waals surface area contributed by atoms with E-state index in [0.29, 0.717) is 19.0 Å². The Balaban J connectivity index is 1.97. The van der Waals surface area contributed by atoms with Gasteiger partial charge < -0.3 is 0 Å². The van der Waals surface area contributed by atoms with E-state index >= 15 is 0 Å². The van der Waals surface area contributed by atoms with Gasteiger partial charge in [0.05, 0.1) is 5.75 Å². The molecule has 1 aromatic carbocycles. The van der Waals surface area contributed by atoms with E-state index < -0.39 is 10.0 Å². The fourth-order valence-electron chi connectivity index (χ4n) is 3.47. The molecule has 0 aromatic heterocycles. The van der Waals surface area contributed by atoms with Crippen LogP contribution in [0.15, 0.2) is 30.3 Å². The minimum Gasteiger partial charge on any atom is -0.279 e. The van der Waals surface area contributed by atoms with Gasteiger partial charge in [-0.25, -0.2) is 8.42 Å². The Morgan fingerprint density at radius 3 is 2.70 bits per heavy atom. The van der Waals surface area contributed by atoms with Crippen LogP contribution in [0.4, 0.5) is 0 Å². The van der Waals surface area contributed by atoms with E-state index in [0.717, 1.165) is 18.5 Å². The van der Waals surface area contributed by atoms with Crippen LogP contribution in [0, 0.1) is 0 Å². The first-order chi connectivity index (χ1) is 9.63. The molecule has 20 heavy (non-hydrogen) atoms. The van der Waals surface area contributed by atoms with Crippen LogP contribution in [0.1, 0.15) is 37.9 Å². The number of nitrogens with zero attached hydrogens (tertiary/aromatic N) is 2. The number of benzene rings is 1. The minimum atomic E-state index is -3.16. The number of rotatable bonds is 4. The van der Waals surface area contributed by atoms with Crippen LogP contribution in [0.5, 0.6) is 0 Å². The summed E-state index contributed by atoms with van der Waals surface area (Å²) < 4.78 is 26.8. The summed E-state index contributed by atoms with van der Waals surface area (Å²) in [5.74, 6) is 0.247. The van der Waals surface area contributed by atoms with Gasteiger partial charge in [0.1, 0.15) is 6.17 Å². The van der Waals surface area contributed by atoms with Crippen LogP contribution < -0.4 is 0 Å². The van der Waals surface area contributed by atoms with E-state index in [1.165, 1.54) is 6.42 Å². The molecule has 2 heterocycles. The summed E-state index contributed by atoms with van der Waals surface area (Å²) in [5.41, 5.74) is 1.09. The molecular formula is C15H22N2O2S. The van der Waals surface area contributed by atoms with E-state index in [4.69, 9.17) is 0 Å². The molecule has 2 saturated heterocycles. The highest BCUT2D eigenvalue weighted by atomic mass is 32.2. The van der Waals surface area contributed by atoms with E-state index in [9.17, 15) is 8.42 Å². The highest BCUT2D eigenvalue weighted by Crippen LogP contribution is 2.40. The third kappa shape index (κ3) is 2.38. The second-order valence-corrected chi connectivity index (χ2v) is 7.75. The third-order valence-electron chi connectivity index (χ3n) is 4.32. The molecular weight excluding hydrogens is 272 g/mol. The standard InChI is InChI=1S/C15H22N2O2S/c1-2-11-20(18,19)17-12-14-9-6-10-16(14)15(17)13-7-4-3-5-8-13/h3-5,7-8,14-15H,2,6,9-12H2,1H3. The number of sulfonamides is 1. The average Bonchev–Trinajstić information content (AvgIpc) is 2.99. The molecule has 0 saturated carbocycles. The molecule has 2 unspecified atom stereocenters. The Bertz CT molecular complexity index is 558. The van der Waals surface area contributed by atoms with Crippen molar-refractivity contribution in [3.8, 4) is 0 Å². The predicted octanol–water partition coefficient (Wildman–Crippen LogP) is 2.21. The lowest BCUT2D eigenvalue weighted by molar-refractivity contribution is 0.198. The molecule has 2 aliphatic rings. The lowest BCUT2D eigenvalue weighted by Crippen LogP contribution is -2.36. The molecule has 0 spiro atoms. The fraction of sp³-hybridized carbons (Fsp3) is 0.600. The van der Waals surface area contributed by atoms with E-state index in [1.807, 2.05) is 37.3 Å². The maximum atomic E-state index is 12.5. The number of hydrogen-bond acceptors (Lipinski definition) is 3. The fourth-order valence-corrected chi connectivity index (χ4v) is 5.17. The van der Waals surface area contributed by atoms with Crippen molar-refractivity contribution >= 4 is 10.0 Å². The zero-order valence-corrected chi connectivity index (χ0v) is 12.7. The molecule has 3 rings (SSSR count). The van der Waals surface area contributed by atoms with Crippen molar-refractivity contribution in [2.24, 2.45) is 0 Å². The molecule has 0 aliphatic carbocycles.